The molecule has 0 aromatic heterocycles. The van der Waals surface area contributed by atoms with Gasteiger partial charge in [0.05, 0.1) is 4.90 Å². The van der Waals surface area contributed by atoms with Gasteiger partial charge in [-0.05, 0) is 63.0 Å². The second-order valence-electron chi connectivity index (χ2n) is 7.52. The van der Waals surface area contributed by atoms with Gasteiger partial charge in [0.25, 0.3) is 5.91 Å². The second kappa shape index (κ2) is 9.19. The van der Waals surface area contributed by atoms with Crippen LogP contribution in [0.4, 0.5) is 0 Å². The van der Waals surface area contributed by atoms with Crippen molar-refractivity contribution in [1.29, 1.82) is 0 Å². The summed E-state index contributed by atoms with van der Waals surface area (Å²) >= 11 is 5.20. The van der Waals surface area contributed by atoms with Crippen molar-refractivity contribution in [3.63, 3.8) is 0 Å². The average Bonchev–Trinajstić information content (AvgIpc) is 3.19. The van der Waals surface area contributed by atoms with Gasteiger partial charge in [-0.2, -0.15) is 4.31 Å². The van der Waals surface area contributed by atoms with E-state index in [1.54, 1.807) is 12.1 Å². The molecule has 1 atom stereocenters. The fourth-order valence-electron chi connectivity index (χ4n) is 3.84. The summed E-state index contributed by atoms with van der Waals surface area (Å²) in [5.41, 5.74) is 5.50. The number of hydrogen-bond acceptors (Lipinski definition) is 4. The number of hydrazine groups is 1. The van der Waals surface area contributed by atoms with E-state index in [2.05, 4.69) is 16.2 Å². The molecule has 1 aromatic rings. The van der Waals surface area contributed by atoms with Gasteiger partial charge in [-0.1, -0.05) is 25.3 Å². The van der Waals surface area contributed by atoms with Gasteiger partial charge in [0, 0.05) is 24.2 Å². The first kappa shape index (κ1) is 21.0. The molecule has 1 saturated heterocycles. The summed E-state index contributed by atoms with van der Waals surface area (Å²) in [6, 6.07) is 6.44. The molecule has 0 bridgehead atoms. The predicted octanol–water partition coefficient (Wildman–Crippen LogP) is 2.30. The third-order valence-electron chi connectivity index (χ3n) is 5.42. The van der Waals surface area contributed by atoms with Gasteiger partial charge in [0.2, 0.25) is 10.0 Å². The lowest BCUT2D eigenvalue weighted by molar-refractivity contribution is 0.0943. The Labute approximate surface area is 172 Å². The lowest BCUT2D eigenvalue weighted by atomic mass is 10.1. The van der Waals surface area contributed by atoms with Gasteiger partial charge >= 0.3 is 0 Å². The third kappa shape index (κ3) is 5.01. The van der Waals surface area contributed by atoms with Crippen molar-refractivity contribution in [1.82, 2.24) is 20.5 Å². The maximum absolute atomic E-state index is 13.0. The minimum absolute atomic E-state index is 0.0306. The summed E-state index contributed by atoms with van der Waals surface area (Å²) < 4.78 is 27.5. The van der Waals surface area contributed by atoms with E-state index >= 15 is 0 Å². The number of rotatable bonds is 4. The summed E-state index contributed by atoms with van der Waals surface area (Å²) in [5.74, 6) is -0.431. The molecule has 1 saturated carbocycles. The molecule has 9 heteroatoms. The van der Waals surface area contributed by atoms with Crippen LogP contribution in [0.25, 0.3) is 0 Å². The maximum Gasteiger partial charge on any atom is 0.269 e. The molecule has 1 aliphatic carbocycles. The van der Waals surface area contributed by atoms with Crippen LogP contribution in [0.3, 0.4) is 0 Å². The molecule has 28 heavy (non-hydrogen) atoms. The predicted molar refractivity (Wildman–Crippen MR) is 112 cm³/mol. The Bertz CT molecular complexity index is 822. The number of thiocarbonyl (C=S) groups is 1. The highest BCUT2D eigenvalue weighted by atomic mass is 32.2. The molecule has 3 rings (SSSR count). The fourth-order valence-corrected chi connectivity index (χ4v) is 5.80. The molecule has 1 heterocycles. The molecule has 1 amide bonds. The highest BCUT2D eigenvalue weighted by Gasteiger charge is 2.31. The quantitative estimate of drug-likeness (QED) is 0.508. The number of nitrogens with one attached hydrogen (secondary N) is 3. The molecule has 1 aliphatic heterocycles. The molecule has 3 N–H and O–H groups in total. The van der Waals surface area contributed by atoms with Crippen LogP contribution in [-0.2, 0) is 10.0 Å². The zero-order valence-electron chi connectivity index (χ0n) is 16.1. The van der Waals surface area contributed by atoms with Crippen molar-refractivity contribution in [2.24, 2.45) is 0 Å². The third-order valence-corrected chi connectivity index (χ3v) is 7.65. The monoisotopic (exact) mass is 424 g/mol. The van der Waals surface area contributed by atoms with Crippen molar-refractivity contribution in [3.05, 3.63) is 29.8 Å². The number of hydrogen-bond donors (Lipinski definition) is 3. The van der Waals surface area contributed by atoms with Gasteiger partial charge in [-0.3, -0.25) is 15.6 Å². The van der Waals surface area contributed by atoms with E-state index in [0.29, 0.717) is 17.7 Å². The Hall–Kier alpha value is -1.71. The zero-order valence-corrected chi connectivity index (χ0v) is 17.7. The summed E-state index contributed by atoms with van der Waals surface area (Å²) in [5, 5.41) is 3.54. The highest BCUT2D eigenvalue weighted by Crippen LogP contribution is 2.25. The minimum Gasteiger partial charge on any atom is -0.359 e. The Balaban J connectivity index is 1.63. The highest BCUT2D eigenvalue weighted by molar-refractivity contribution is 7.89. The molecule has 0 spiro atoms. The SMILES string of the molecule is C[C@H]1CCCCN1S(=O)(=O)c1cccc(C(=O)NNC(=S)NC2CCCC2)c1. The summed E-state index contributed by atoms with van der Waals surface area (Å²) in [6.07, 6.45) is 7.27. The number of sulfonamides is 1. The second-order valence-corrected chi connectivity index (χ2v) is 9.82. The standard InChI is InChI=1S/C19H28N4O3S2/c1-14-7-4-5-12-23(14)28(25,26)17-11-6-8-15(13-17)18(24)21-22-19(27)20-16-9-2-3-10-16/h6,8,11,13-14,16H,2-5,7,9-10,12H2,1H3,(H,21,24)(H2,20,22,27)/t14-/m0/s1. The Morgan fingerprint density at radius 3 is 2.54 bits per heavy atom. The number of benzene rings is 1. The normalized spacial score (nSPS) is 21.2. The van der Waals surface area contributed by atoms with Crippen molar-refractivity contribution >= 4 is 33.3 Å². The average molecular weight is 425 g/mol. The molecule has 7 nitrogen and oxygen atoms in total. The van der Waals surface area contributed by atoms with Crippen LogP contribution in [0, 0.1) is 0 Å². The summed E-state index contributed by atoms with van der Waals surface area (Å²) in [6.45, 7) is 2.44. The van der Waals surface area contributed by atoms with E-state index in [1.807, 2.05) is 6.92 Å². The van der Waals surface area contributed by atoms with E-state index in [0.717, 1.165) is 32.1 Å². The number of amides is 1. The van der Waals surface area contributed by atoms with Crippen LogP contribution in [0.2, 0.25) is 0 Å². The van der Waals surface area contributed by atoms with E-state index in [-0.39, 0.29) is 16.5 Å². The number of carbonyl (C=O) groups is 1. The largest absolute Gasteiger partial charge is 0.359 e. The van der Waals surface area contributed by atoms with Crippen LogP contribution < -0.4 is 16.2 Å². The van der Waals surface area contributed by atoms with Crippen molar-refractivity contribution < 1.29 is 13.2 Å². The topological polar surface area (TPSA) is 90.5 Å². The van der Waals surface area contributed by atoms with Crippen molar-refractivity contribution in [3.8, 4) is 0 Å². The summed E-state index contributed by atoms with van der Waals surface area (Å²) in [4.78, 5) is 12.6. The van der Waals surface area contributed by atoms with E-state index in [1.165, 1.54) is 29.3 Å². The molecular weight excluding hydrogens is 396 g/mol. The Morgan fingerprint density at radius 1 is 1.11 bits per heavy atom. The molecule has 0 unspecified atom stereocenters. The van der Waals surface area contributed by atoms with E-state index in [4.69, 9.17) is 12.2 Å². The zero-order chi connectivity index (χ0) is 20.1. The molecule has 1 aromatic carbocycles. The summed E-state index contributed by atoms with van der Waals surface area (Å²) in [7, 11) is -3.62. The van der Waals surface area contributed by atoms with Crippen molar-refractivity contribution in [2.75, 3.05) is 6.54 Å². The Kier molecular flexibility index (Phi) is 6.90. The lowest BCUT2D eigenvalue weighted by Crippen LogP contribution is -2.49. The van der Waals surface area contributed by atoms with E-state index in [9.17, 15) is 13.2 Å². The van der Waals surface area contributed by atoms with Crippen LogP contribution in [-0.4, -0.2) is 42.4 Å². The van der Waals surface area contributed by atoms with Crippen LogP contribution in [0.5, 0.6) is 0 Å². The van der Waals surface area contributed by atoms with Gasteiger partial charge in [-0.25, -0.2) is 8.42 Å². The molecular formula is C19H28N4O3S2. The van der Waals surface area contributed by atoms with Gasteiger partial charge < -0.3 is 5.32 Å². The first-order chi connectivity index (χ1) is 13.4. The number of nitrogens with zero attached hydrogens (tertiary/aromatic N) is 1. The number of carbonyl (C=O) groups excluding carboxylic acids is 1. The fraction of sp³-hybridized carbons (Fsp3) is 0.579. The minimum atomic E-state index is -3.62. The molecule has 2 aliphatic rings. The Morgan fingerprint density at radius 2 is 1.82 bits per heavy atom. The first-order valence-electron chi connectivity index (χ1n) is 9.86. The molecule has 2 fully saturated rings. The van der Waals surface area contributed by atoms with Crippen LogP contribution in [0.1, 0.15) is 62.2 Å². The van der Waals surface area contributed by atoms with Crippen molar-refractivity contribution in [2.45, 2.75) is 68.8 Å². The number of piperidine rings is 1. The van der Waals surface area contributed by atoms with E-state index < -0.39 is 15.9 Å². The smallest absolute Gasteiger partial charge is 0.269 e. The van der Waals surface area contributed by atoms with Gasteiger partial charge in [0.1, 0.15) is 0 Å². The first-order valence-corrected chi connectivity index (χ1v) is 11.7. The molecule has 154 valence electrons. The maximum atomic E-state index is 13.0. The van der Waals surface area contributed by atoms with Crippen LogP contribution >= 0.6 is 12.2 Å². The van der Waals surface area contributed by atoms with Crippen LogP contribution in [0.15, 0.2) is 29.2 Å². The van der Waals surface area contributed by atoms with Gasteiger partial charge in [-0.15, -0.1) is 0 Å². The van der Waals surface area contributed by atoms with Gasteiger partial charge in [0.15, 0.2) is 5.11 Å². The lowest BCUT2D eigenvalue weighted by Gasteiger charge is -2.32. The molecule has 0 radical (unpaired) electrons.